The molecule has 2 N–H and O–H groups in total. The molecule has 0 unspecified atom stereocenters. The highest BCUT2D eigenvalue weighted by molar-refractivity contribution is 5.09. The molecule has 0 saturated heterocycles. The molecule has 0 saturated carbocycles. The summed E-state index contributed by atoms with van der Waals surface area (Å²) in [6.07, 6.45) is 2.83. The minimum atomic E-state index is 0.707. The van der Waals surface area contributed by atoms with Gasteiger partial charge in [-0.2, -0.15) is 0 Å². The van der Waals surface area contributed by atoms with Crippen molar-refractivity contribution in [1.29, 1.82) is 0 Å². The molecule has 1 aromatic rings. The fourth-order valence-corrected chi connectivity index (χ4v) is 1.25. The zero-order valence-electron chi connectivity index (χ0n) is 14.4. The Hall–Kier alpha value is -0.960. The molecule has 0 aliphatic heterocycles. The van der Waals surface area contributed by atoms with Gasteiger partial charge in [0.1, 0.15) is 5.82 Å². The molecule has 0 amide bonds. The first kappa shape index (κ1) is 23.2. The van der Waals surface area contributed by atoms with Crippen molar-refractivity contribution in [3.8, 4) is 0 Å². The molecule has 3 nitrogen and oxygen atoms in total. The molecule has 1 rings (SSSR count). The van der Waals surface area contributed by atoms with E-state index in [0.29, 0.717) is 6.54 Å². The first-order chi connectivity index (χ1) is 9.26. The second-order valence-corrected chi connectivity index (χ2v) is 3.16. The molecule has 3 heteroatoms. The van der Waals surface area contributed by atoms with Gasteiger partial charge in [0.05, 0.1) is 0 Å². The van der Waals surface area contributed by atoms with Crippen LogP contribution in [-0.2, 0) is 12.8 Å². The van der Waals surface area contributed by atoms with E-state index in [1.807, 2.05) is 54.5 Å². The van der Waals surface area contributed by atoms with Crippen molar-refractivity contribution in [2.75, 3.05) is 6.54 Å². The average molecular weight is 269 g/mol. The smallest absolute Gasteiger partial charge is 0.128 e. The highest BCUT2D eigenvalue weighted by Gasteiger charge is 1.99. The lowest BCUT2D eigenvalue weighted by Gasteiger charge is -2.03. The Morgan fingerprint density at radius 2 is 1.53 bits per heavy atom. The molecule has 0 fully saturated rings. The highest BCUT2D eigenvalue weighted by Crippen LogP contribution is 2.03. The summed E-state index contributed by atoms with van der Waals surface area (Å²) in [5, 5.41) is 0. The molecule has 0 bridgehead atoms. The molecule has 1 heterocycles. The second-order valence-electron chi connectivity index (χ2n) is 3.16. The average Bonchev–Trinajstić information content (AvgIpc) is 2.50. The number of aryl methyl sites for hydroxylation is 3. The van der Waals surface area contributed by atoms with Crippen LogP contribution in [0.5, 0.6) is 0 Å². The monoisotopic (exact) mass is 269 g/mol. The van der Waals surface area contributed by atoms with Crippen molar-refractivity contribution < 1.29 is 0 Å². The van der Waals surface area contributed by atoms with Crippen LogP contribution in [0.4, 0.5) is 0 Å². The molecule has 0 aliphatic carbocycles. The van der Waals surface area contributed by atoms with Crippen LogP contribution in [0.3, 0.4) is 0 Å². The van der Waals surface area contributed by atoms with Crippen LogP contribution in [0, 0.1) is 6.92 Å². The van der Waals surface area contributed by atoms with Crippen molar-refractivity contribution in [1.82, 2.24) is 9.97 Å². The zero-order valence-corrected chi connectivity index (χ0v) is 14.4. The van der Waals surface area contributed by atoms with Crippen LogP contribution in [0.15, 0.2) is 6.07 Å². The first-order valence-electron chi connectivity index (χ1n) is 7.79. The summed E-state index contributed by atoms with van der Waals surface area (Å²) in [5.74, 6) is 0.933. The van der Waals surface area contributed by atoms with E-state index in [4.69, 9.17) is 5.73 Å². The predicted octanol–water partition coefficient (Wildman–Crippen LogP) is 4.32. The number of nitrogens with zero attached hydrogens (tertiary/aromatic N) is 2. The van der Waals surface area contributed by atoms with Crippen molar-refractivity contribution in [2.45, 2.75) is 74.7 Å². The third kappa shape index (κ3) is 13.3. The fraction of sp³-hybridized carbons (Fsp3) is 0.750. The van der Waals surface area contributed by atoms with Crippen LogP contribution in [0.1, 0.15) is 72.1 Å². The summed E-state index contributed by atoms with van der Waals surface area (Å²) >= 11 is 0. The first-order valence-corrected chi connectivity index (χ1v) is 7.79. The van der Waals surface area contributed by atoms with E-state index in [1.54, 1.807) is 0 Å². The Kier molecular flexibility index (Phi) is 23.6. The van der Waals surface area contributed by atoms with Gasteiger partial charge in [0, 0.05) is 17.8 Å². The van der Waals surface area contributed by atoms with E-state index in [9.17, 15) is 0 Å². The number of hydrogen-bond acceptors (Lipinski definition) is 3. The van der Waals surface area contributed by atoms with Crippen LogP contribution in [-0.4, -0.2) is 16.5 Å². The van der Waals surface area contributed by atoms with E-state index in [-0.39, 0.29) is 0 Å². The number of aromatic nitrogens is 2. The van der Waals surface area contributed by atoms with Crippen LogP contribution in [0.25, 0.3) is 0 Å². The van der Waals surface area contributed by atoms with E-state index in [2.05, 4.69) is 16.9 Å². The maximum Gasteiger partial charge on any atom is 0.128 e. The summed E-state index contributed by atoms with van der Waals surface area (Å²) in [6, 6.07) is 2.03. The lowest BCUT2D eigenvalue weighted by Crippen LogP contribution is -2.05. The lowest BCUT2D eigenvalue weighted by molar-refractivity contribution is 0.763. The van der Waals surface area contributed by atoms with Gasteiger partial charge in [-0.15, -0.1) is 0 Å². The predicted molar refractivity (Wildman–Crippen MR) is 87.6 cm³/mol. The number of hydrogen-bond donors (Lipinski definition) is 1. The van der Waals surface area contributed by atoms with Crippen LogP contribution < -0.4 is 5.73 Å². The van der Waals surface area contributed by atoms with E-state index < -0.39 is 0 Å². The third-order valence-electron chi connectivity index (χ3n) is 1.92. The van der Waals surface area contributed by atoms with Gasteiger partial charge in [0.2, 0.25) is 0 Å². The van der Waals surface area contributed by atoms with Gasteiger partial charge in [-0.25, -0.2) is 9.97 Å². The topological polar surface area (TPSA) is 51.8 Å². The van der Waals surface area contributed by atoms with Gasteiger partial charge < -0.3 is 5.73 Å². The Bertz CT molecular complexity index is 273. The van der Waals surface area contributed by atoms with Crippen molar-refractivity contribution in [3.05, 3.63) is 23.3 Å². The summed E-state index contributed by atoms with van der Waals surface area (Å²) in [7, 11) is 0. The van der Waals surface area contributed by atoms with Gasteiger partial charge in [-0.05, 0) is 32.4 Å². The summed E-state index contributed by atoms with van der Waals surface area (Å²) in [4.78, 5) is 8.78. The van der Waals surface area contributed by atoms with Crippen LogP contribution >= 0.6 is 0 Å². The molecule has 0 aliphatic rings. The quantitative estimate of drug-likeness (QED) is 0.885. The molecule has 0 radical (unpaired) electrons. The third-order valence-corrected chi connectivity index (χ3v) is 1.92. The van der Waals surface area contributed by atoms with Gasteiger partial charge in [0.25, 0.3) is 0 Å². The van der Waals surface area contributed by atoms with Crippen molar-refractivity contribution in [3.63, 3.8) is 0 Å². The van der Waals surface area contributed by atoms with E-state index in [0.717, 1.165) is 36.5 Å². The van der Waals surface area contributed by atoms with Crippen molar-refractivity contribution in [2.24, 2.45) is 5.73 Å². The Labute approximate surface area is 121 Å². The second kappa shape index (κ2) is 19.4. The molecule has 1 aromatic heterocycles. The summed E-state index contributed by atoms with van der Waals surface area (Å²) in [6.45, 7) is 16.8. The minimum absolute atomic E-state index is 0.707. The Morgan fingerprint density at radius 1 is 1.00 bits per heavy atom. The zero-order chi connectivity index (χ0) is 15.7. The SMILES string of the molecule is CC.CC.CC.CCc1cc(C)nc(CCCN)n1. The van der Waals surface area contributed by atoms with Gasteiger partial charge in [0.15, 0.2) is 0 Å². The fourth-order valence-electron chi connectivity index (χ4n) is 1.25. The van der Waals surface area contributed by atoms with Crippen LogP contribution in [0.2, 0.25) is 0 Å². The standard InChI is InChI=1S/C10H17N3.3C2H6/c1-3-9-7-8(2)12-10(13-9)5-4-6-11;3*1-2/h7H,3-6,11H2,1-2H3;3*1-2H3. The molecule has 0 spiro atoms. The van der Waals surface area contributed by atoms with Gasteiger partial charge >= 0.3 is 0 Å². The molecular weight excluding hydrogens is 234 g/mol. The van der Waals surface area contributed by atoms with E-state index in [1.165, 1.54) is 0 Å². The lowest BCUT2D eigenvalue weighted by atomic mass is 10.2. The molecule has 114 valence electrons. The Morgan fingerprint density at radius 3 is 1.95 bits per heavy atom. The Balaban J connectivity index is -0.000000375. The largest absolute Gasteiger partial charge is 0.330 e. The number of nitrogens with two attached hydrogens (primary N) is 1. The molecule has 19 heavy (non-hydrogen) atoms. The number of rotatable bonds is 4. The summed E-state index contributed by atoms with van der Waals surface area (Å²) in [5.41, 5.74) is 7.61. The maximum atomic E-state index is 5.43. The van der Waals surface area contributed by atoms with Gasteiger partial charge in [-0.1, -0.05) is 48.5 Å². The summed E-state index contributed by atoms with van der Waals surface area (Å²) < 4.78 is 0. The minimum Gasteiger partial charge on any atom is -0.330 e. The normalized spacial score (nSPS) is 8.05. The van der Waals surface area contributed by atoms with Crippen molar-refractivity contribution >= 4 is 0 Å². The maximum absolute atomic E-state index is 5.43. The highest BCUT2D eigenvalue weighted by atomic mass is 14.9. The van der Waals surface area contributed by atoms with Gasteiger partial charge in [-0.3, -0.25) is 0 Å². The molecular formula is C16H35N3. The molecule has 0 aromatic carbocycles. The molecule has 0 atom stereocenters. The van der Waals surface area contributed by atoms with E-state index >= 15 is 0 Å².